The van der Waals surface area contributed by atoms with Crippen molar-refractivity contribution in [3.05, 3.63) is 64.8 Å². The van der Waals surface area contributed by atoms with Crippen molar-refractivity contribution in [1.29, 1.82) is 0 Å². The number of rotatable bonds is 11. The lowest BCUT2D eigenvalue weighted by atomic mass is 9.99. The van der Waals surface area contributed by atoms with Gasteiger partial charge in [0.15, 0.2) is 0 Å². The Morgan fingerprint density at radius 3 is 2.54 bits per heavy atom. The molecule has 1 aromatic heterocycles. The number of nitrogens with two attached hydrogens (primary N) is 1. The number of ether oxygens (including phenoxy) is 3. The fourth-order valence-corrected chi connectivity index (χ4v) is 4.55. The van der Waals surface area contributed by atoms with Gasteiger partial charge in [-0.15, -0.1) is 0 Å². The molecular weight excluding hydrogens is 444 g/mol. The van der Waals surface area contributed by atoms with Crippen LogP contribution < -0.4 is 15.2 Å². The van der Waals surface area contributed by atoms with Crippen molar-refractivity contribution in [2.75, 3.05) is 34.4 Å². The Bertz CT molecular complexity index is 1130. The molecule has 8 nitrogen and oxygen atoms in total. The number of primary amides is 1. The predicted octanol–water partition coefficient (Wildman–Crippen LogP) is 3.59. The van der Waals surface area contributed by atoms with E-state index in [0.29, 0.717) is 17.4 Å². The highest BCUT2D eigenvalue weighted by Gasteiger charge is 2.19. The Hall–Kier alpha value is -3.36. The molecule has 0 bridgehead atoms. The number of likely N-dealkylation sites (N-methyl/N-ethyl adjacent to an activating group) is 1. The summed E-state index contributed by atoms with van der Waals surface area (Å²) in [5, 5.41) is 7.61. The van der Waals surface area contributed by atoms with Gasteiger partial charge in [-0.3, -0.25) is 14.8 Å². The number of hydrogen-bond donors (Lipinski definition) is 2. The number of amides is 1. The standard InChI is InChI=1S/C27H34N4O4/c1-31(17-21-5-4-10-35-21)16-19-7-9-24(27(28)32)25(13-19)26-14-20(29-30-26)8-6-18-11-22(33-2)15-23(12-18)34-3/h7,9,11-15,21H,4-6,8,10,16-17H2,1-3H3,(H2,28,32)(H,29,30). The van der Waals surface area contributed by atoms with E-state index >= 15 is 0 Å². The van der Waals surface area contributed by atoms with Crippen molar-refractivity contribution in [3.8, 4) is 22.8 Å². The number of H-pyrrole nitrogens is 1. The molecule has 2 heterocycles. The number of carbonyl (C=O) groups is 1. The minimum absolute atomic E-state index is 0.294. The zero-order valence-corrected chi connectivity index (χ0v) is 20.7. The van der Waals surface area contributed by atoms with Crippen LogP contribution in [0.3, 0.4) is 0 Å². The molecule has 0 radical (unpaired) electrons. The molecule has 4 rings (SSSR count). The fraction of sp³-hybridized carbons (Fsp3) is 0.407. The van der Waals surface area contributed by atoms with Gasteiger partial charge in [-0.25, -0.2) is 0 Å². The van der Waals surface area contributed by atoms with E-state index in [2.05, 4.69) is 22.1 Å². The molecule has 2 aromatic carbocycles. The topological polar surface area (TPSA) is 103 Å². The first-order valence-electron chi connectivity index (χ1n) is 11.9. The number of benzene rings is 2. The summed E-state index contributed by atoms with van der Waals surface area (Å²) in [5.41, 5.74) is 10.8. The number of aryl methyl sites for hydroxylation is 2. The van der Waals surface area contributed by atoms with Crippen LogP contribution in [0.25, 0.3) is 11.3 Å². The van der Waals surface area contributed by atoms with Gasteiger partial charge in [0, 0.05) is 42.6 Å². The van der Waals surface area contributed by atoms with Gasteiger partial charge in [0.05, 0.1) is 26.0 Å². The summed E-state index contributed by atoms with van der Waals surface area (Å²) in [6.07, 6.45) is 4.06. The van der Waals surface area contributed by atoms with Crippen LogP contribution in [0.15, 0.2) is 42.5 Å². The van der Waals surface area contributed by atoms with Gasteiger partial charge in [-0.05, 0) is 74.2 Å². The second-order valence-electron chi connectivity index (χ2n) is 9.08. The Morgan fingerprint density at radius 1 is 1.11 bits per heavy atom. The number of carbonyl (C=O) groups excluding carboxylic acids is 1. The molecule has 1 fully saturated rings. The highest BCUT2D eigenvalue weighted by atomic mass is 16.5. The van der Waals surface area contributed by atoms with E-state index in [1.807, 2.05) is 36.4 Å². The zero-order valence-electron chi connectivity index (χ0n) is 20.7. The number of aromatic amines is 1. The first kappa shape index (κ1) is 24.8. The van der Waals surface area contributed by atoms with Gasteiger partial charge in [0.1, 0.15) is 11.5 Å². The van der Waals surface area contributed by atoms with Crippen LogP contribution >= 0.6 is 0 Å². The van der Waals surface area contributed by atoms with E-state index < -0.39 is 5.91 Å². The second-order valence-corrected chi connectivity index (χ2v) is 9.08. The van der Waals surface area contributed by atoms with Gasteiger partial charge >= 0.3 is 0 Å². The predicted molar refractivity (Wildman–Crippen MR) is 135 cm³/mol. The minimum atomic E-state index is -0.465. The molecular formula is C27H34N4O4. The SMILES string of the molecule is COc1cc(CCc2cc(-c3cc(CN(C)CC4CCCO4)ccc3C(N)=O)n[nH]2)cc(OC)c1. The maximum Gasteiger partial charge on any atom is 0.249 e. The third kappa shape index (κ3) is 6.41. The molecule has 3 N–H and O–H groups in total. The number of nitrogens with one attached hydrogen (secondary N) is 1. The van der Waals surface area contributed by atoms with Crippen LogP contribution in [-0.2, 0) is 24.1 Å². The van der Waals surface area contributed by atoms with Crippen LogP contribution in [0.4, 0.5) is 0 Å². The maximum atomic E-state index is 12.1. The molecule has 186 valence electrons. The molecule has 8 heteroatoms. The monoisotopic (exact) mass is 478 g/mol. The Morgan fingerprint density at radius 2 is 1.89 bits per heavy atom. The van der Waals surface area contributed by atoms with E-state index in [9.17, 15) is 4.79 Å². The van der Waals surface area contributed by atoms with Gasteiger partial charge in [0.25, 0.3) is 0 Å². The Kier molecular flexibility index (Phi) is 8.05. The number of nitrogens with zero attached hydrogens (tertiary/aromatic N) is 2. The third-order valence-electron chi connectivity index (χ3n) is 6.34. The average Bonchev–Trinajstić information content (AvgIpc) is 3.54. The maximum absolute atomic E-state index is 12.1. The van der Waals surface area contributed by atoms with E-state index in [4.69, 9.17) is 19.9 Å². The lowest BCUT2D eigenvalue weighted by molar-refractivity contribution is 0.0793. The quantitative estimate of drug-likeness (QED) is 0.437. The number of hydrogen-bond acceptors (Lipinski definition) is 6. The van der Waals surface area contributed by atoms with E-state index in [-0.39, 0.29) is 0 Å². The van der Waals surface area contributed by atoms with Crippen LogP contribution in [0.5, 0.6) is 11.5 Å². The fourth-order valence-electron chi connectivity index (χ4n) is 4.55. The van der Waals surface area contributed by atoms with Gasteiger partial charge in [0.2, 0.25) is 5.91 Å². The van der Waals surface area contributed by atoms with Crippen molar-refractivity contribution in [2.24, 2.45) is 5.73 Å². The first-order valence-corrected chi connectivity index (χ1v) is 11.9. The molecule has 1 aliphatic rings. The van der Waals surface area contributed by atoms with E-state index in [1.54, 1.807) is 20.3 Å². The van der Waals surface area contributed by atoms with Crippen molar-refractivity contribution < 1.29 is 19.0 Å². The largest absolute Gasteiger partial charge is 0.497 e. The summed E-state index contributed by atoms with van der Waals surface area (Å²) >= 11 is 0. The summed E-state index contributed by atoms with van der Waals surface area (Å²) in [6.45, 7) is 2.48. The lowest BCUT2D eigenvalue weighted by Gasteiger charge is -2.21. The second kappa shape index (κ2) is 11.4. The molecule has 1 unspecified atom stereocenters. The van der Waals surface area contributed by atoms with Crippen LogP contribution in [0, 0.1) is 0 Å². The molecule has 3 aromatic rings. The zero-order chi connectivity index (χ0) is 24.8. The molecule has 0 spiro atoms. The number of methoxy groups -OCH3 is 2. The van der Waals surface area contributed by atoms with Gasteiger partial charge in [-0.2, -0.15) is 5.10 Å². The number of aromatic nitrogens is 2. The van der Waals surface area contributed by atoms with E-state index in [1.165, 1.54) is 0 Å². The van der Waals surface area contributed by atoms with Crippen LogP contribution in [0.1, 0.15) is 40.0 Å². The highest BCUT2D eigenvalue weighted by molar-refractivity contribution is 5.99. The van der Waals surface area contributed by atoms with Crippen molar-refractivity contribution in [1.82, 2.24) is 15.1 Å². The van der Waals surface area contributed by atoms with Gasteiger partial charge < -0.3 is 19.9 Å². The van der Waals surface area contributed by atoms with Crippen LogP contribution in [-0.4, -0.2) is 61.5 Å². The van der Waals surface area contributed by atoms with E-state index in [0.717, 1.165) is 79.3 Å². The molecule has 0 aliphatic carbocycles. The normalized spacial score (nSPS) is 15.5. The van der Waals surface area contributed by atoms with Crippen LogP contribution in [0.2, 0.25) is 0 Å². The smallest absolute Gasteiger partial charge is 0.249 e. The molecule has 1 amide bonds. The molecule has 1 saturated heterocycles. The van der Waals surface area contributed by atoms with Crippen molar-refractivity contribution in [2.45, 2.75) is 38.3 Å². The molecule has 35 heavy (non-hydrogen) atoms. The Labute approximate surface area is 206 Å². The molecule has 1 atom stereocenters. The minimum Gasteiger partial charge on any atom is -0.497 e. The van der Waals surface area contributed by atoms with Gasteiger partial charge in [-0.1, -0.05) is 6.07 Å². The first-order chi connectivity index (χ1) is 16.9. The molecule has 0 saturated carbocycles. The Balaban J connectivity index is 1.48. The third-order valence-corrected chi connectivity index (χ3v) is 6.34. The summed E-state index contributed by atoms with van der Waals surface area (Å²) < 4.78 is 16.5. The van der Waals surface area contributed by atoms with Crippen molar-refractivity contribution in [3.63, 3.8) is 0 Å². The summed E-state index contributed by atoms with van der Waals surface area (Å²) in [4.78, 5) is 14.4. The lowest BCUT2D eigenvalue weighted by Crippen LogP contribution is -2.28. The summed E-state index contributed by atoms with van der Waals surface area (Å²) in [7, 11) is 5.37. The average molecular weight is 479 g/mol. The summed E-state index contributed by atoms with van der Waals surface area (Å²) in [6, 6.07) is 13.6. The summed E-state index contributed by atoms with van der Waals surface area (Å²) in [5.74, 6) is 1.06. The van der Waals surface area contributed by atoms with Crippen molar-refractivity contribution >= 4 is 5.91 Å². The molecule has 1 aliphatic heterocycles. The highest BCUT2D eigenvalue weighted by Crippen LogP contribution is 2.27.